The monoisotopic (exact) mass is 373 g/mol. The maximum Gasteiger partial charge on any atom is 0.275 e. The fraction of sp³-hybridized carbons (Fsp3) is 0.421. The summed E-state index contributed by atoms with van der Waals surface area (Å²) in [6.07, 6.45) is 2.27. The normalized spacial score (nSPS) is 23.0. The summed E-state index contributed by atoms with van der Waals surface area (Å²) in [4.78, 5) is 22.1. The molecular weight excluding hydrogens is 353 g/mol. The van der Waals surface area contributed by atoms with Gasteiger partial charge in [0, 0.05) is 25.0 Å². The topological polar surface area (TPSA) is 73.8 Å². The first-order chi connectivity index (χ1) is 13.1. The number of aryl methyl sites for hydroxylation is 1. The van der Waals surface area contributed by atoms with E-state index in [4.69, 9.17) is 14.2 Å². The first-order valence-corrected chi connectivity index (χ1v) is 8.82. The number of rotatable bonds is 3. The Bertz CT molecular complexity index is 801. The molecule has 0 radical (unpaired) electrons. The summed E-state index contributed by atoms with van der Waals surface area (Å²) >= 11 is 0. The fourth-order valence-electron chi connectivity index (χ4n) is 3.22. The van der Waals surface area contributed by atoms with Gasteiger partial charge in [-0.25, -0.2) is 9.37 Å². The quantitative estimate of drug-likeness (QED) is 0.814. The van der Waals surface area contributed by atoms with E-state index >= 15 is 0 Å². The third kappa shape index (κ3) is 3.91. The molecule has 7 nitrogen and oxygen atoms in total. The van der Waals surface area contributed by atoms with Crippen molar-refractivity contribution in [3.05, 3.63) is 53.9 Å². The van der Waals surface area contributed by atoms with E-state index < -0.39 is 11.7 Å². The Labute approximate surface area is 156 Å². The lowest BCUT2D eigenvalue weighted by Gasteiger charge is -2.19. The van der Waals surface area contributed by atoms with Gasteiger partial charge in [0.15, 0.2) is 11.5 Å². The van der Waals surface area contributed by atoms with E-state index in [1.807, 2.05) is 19.1 Å². The number of carbonyl (C=O) groups excluding carboxylic acids is 1. The number of nitrogens with zero attached hydrogens (tertiary/aromatic N) is 3. The van der Waals surface area contributed by atoms with E-state index in [1.54, 1.807) is 6.20 Å². The molecule has 2 aliphatic heterocycles. The summed E-state index contributed by atoms with van der Waals surface area (Å²) in [6, 6.07) is 6.41. The first-order valence-electron chi connectivity index (χ1n) is 8.82. The van der Waals surface area contributed by atoms with Crippen LogP contribution >= 0.6 is 0 Å². The predicted octanol–water partition coefficient (Wildman–Crippen LogP) is 1.61. The van der Waals surface area contributed by atoms with Gasteiger partial charge in [0.25, 0.3) is 5.91 Å². The summed E-state index contributed by atoms with van der Waals surface area (Å²) in [5.41, 5.74) is 0.737. The zero-order chi connectivity index (χ0) is 18.8. The Hall–Kier alpha value is -2.58. The number of amides is 1. The molecule has 0 spiro atoms. The molecule has 0 aromatic carbocycles. The largest absolute Gasteiger partial charge is 0.484 e. The van der Waals surface area contributed by atoms with Crippen molar-refractivity contribution in [2.45, 2.75) is 25.2 Å². The molecule has 0 unspecified atom stereocenters. The van der Waals surface area contributed by atoms with Crippen molar-refractivity contribution >= 4 is 5.91 Å². The zero-order valence-corrected chi connectivity index (χ0v) is 14.9. The highest BCUT2D eigenvalue weighted by molar-refractivity contribution is 5.92. The lowest BCUT2D eigenvalue weighted by molar-refractivity contribution is -0.00461. The molecule has 0 bridgehead atoms. The van der Waals surface area contributed by atoms with Crippen LogP contribution in [0, 0.1) is 12.7 Å². The maximum atomic E-state index is 13.8. The van der Waals surface area contributed by atoms with Crippen LogP contribution in [-0.4, -0.2) is 65.4 Å². The number of pyridine rings is 2. The standard InChI is InChI=1S/C19H20FN3O4/c1-12-4-5-13(7-22-12)27-14-10-25-16-8-23(9-17(16)26-11-14)19(24)18-15(20)3-2-6-21-18/h2-7,14,16-17H,8-11H2,1H3/t16-,17-/m0/s1. The minimum atomic E-state index is -0.628. The molecule has 8 heteroatoms. The molecule has 2 fully saturated rings. The van der Waals surface area contributed by atoms with Gasteiger partial charge in [-0.15, -0.1) is 0 Å². The fourth-order valence-corrected chi connectivity index (χ4v) is 3.22. The van der Waals surface area contributed by atoms with Gasteiger partial charge in [-0.1, -0.05) is 0 Å². The molecule has 2 aliphatic rings. The van der Waals surface area contributed by atoms with Crippen LogP contribution in [0.5, 0.6) is 5.75 Å². The molecule has 1 amide bonds. The third-order valence-corrected chi connectivity index (χ3v) is 4.64. The van der Waals surface area contributed by atoms with Gasteiger partial charge in [-0.05, 0) is 31.2 Å². The van der Waals surface area contributed by atoms with Gasteiger partial charge in [0.05, 0.1) is 19.4 Å². The van der Waals surface area contributed by atoms with Crippen LogP contribution < -0.4 is 4.74 Å². The molecule has 2 aromatic rings. The number of halogens is 1. The molecule has 4 heterocycles. The molecule has 2 aromatic heterocycles. The van der Waals surface area contributed by atoms with Crippen LogP contribution in [0.25, 0.3) is 0 Å². The van der Waals surface area contributed by atoms with E-state index in [9.17, 15) is 9.18 Å². The molecular formula is C19H20FN3O4. The van der Waals surface area contributed by atoms with Gasteiger partial charge >= 0.3 is 0 Å². The Morgan fingerprint density at radius 1 is 1.19 bits per heavy atom. The average Bonchev–Trinajstić information content (AvgIpc) is 3.00. The van der Waals surface area contributed by atoms with Crippen molar-refractivity contribution in [3.63, 3.8) is 0 Å². The Morgan fingerprint density at radius 3 is 2.56 bits per heavy atom. The molecule has 2 atom stereocenters. The van der Waals surface area contributed by atoms with E-state index in [-0.39, 0.29) is 24.0 Å². The van der Waals surface area contributed by atoms with Crippen LogP contribution in [0.4, 0.5) is 4.39 Å². The maximum absolute atomic E-state index is 13.8. The molecule has 2 saturated heterocycles. The lowest BCUT2D eigenvalue weighted by atomic mass is 10.3. The summed E-state index contributed by atoms with van der Waals surface area (Å²) < 4.78 is 31.5. The van der Waals surface area contributed by atoms with Gasteiger partial charge in [0.2, 0.25) is 0 Å². The number of ether oxygens (including phenoxy) is 3. The van der Waals surface area contributed by atoms with Gasteiger partial charge in [-0.2, -0.15) is 0 Å². The van der Waals surface area contributed by atoms with Crippen LogP contribution in [-0.2, 0) is 9.47 Å². The first kappa shape index (κ1) is 17.8. The second kappa shape index (κ2) is 7.58. The Kier molecular flexibility index (Phi) is 5.00. The minimum Gasteiger partial charge on any atom is -0.484 e. The van der Waals surface area contributed by atoms with Crippen LogP contribution in [0.15, 0.2) is 36.7 Å². The van der Waals surface area contributed by atoms with E-state index in [2.05, 4.69) is 9.97 Å². The number of carbonyl (C=O) groups is 1. The molecule has 0 N–H and O–H groups in total. The van der Waals surface area contributed by atoms with Crippen molar-refractivity contribution in [3.8, 4) is 5.75 Å². The number of aromatic nitrogens is 2. The summed E-state index contributed by atoms with van der Waals surface area (Å²) in [5.74, 6) is -0.421. The number of fused-ring (bicyclic) bond motifs is 1. The zero-order valence-electron chi connectivity index (χ0n) is 14.9. The average molecular weight is 373 g/mol. The number of likely N-dealkylation sites (tertiary alicyclic amines) is 1. The SMILES string of the molecule is Cc1ccc(OC2CO[C@H]3CN(C(=O)c4ncccc4F)C[C@@H]3OC2)cn1. The van der Waals surface area contributed by atoms with E-state index in [0.717, 1.165) is 5.69 Å². The predicted molar refractivity (Wildman–Crippen MR) is 93.0 cm³/mol. The third-order valence-electron chi connectivity index (χ3n) is 4.64. The summed E-state index contributed by atoms with van der Waals surface area (Å²) in [5, 5.41) is 0. The van der Waals surface area contributed by atoms with Crippen LogP contribution in [0.3, 0.4) is 0 Å². The Morgan fingerprint density at radius 2 is 1.93 bits per heavy atom. The highest BCUT2D eigenvalue weighted by Crippen LogP contribution is 2.23. The lowest BCUT2D eigenvalue weighted by Crippen LogP contribution is -2.33. The highest BCUT2D eigenvalue weighted by Gasteiger charge is 2.40. The number of hydrogen-bond acceptors (Lipinski definition) is 6. The van der Waals surface area contributed by atoms with Crippen molar-refractivity contribution in [2.75, 3.05) is 26.3 Å². The summed E-state index contributed by atoms with van der Waals surface area (Å²) in [7, 11) is 0. The van der Waals surface area contributed by atoms with Gasteiger partial charge in [-0.3, -0.25) is 9.78 Å². The van der Waals surface area contributed by atoms with Crippen molar-refractivity contribution in [1.29, 1.82) is 0 Å². The molecule has 0 aliphatic carbocycles. The molecule has 142 valence electrons. The van der Waals surface area contributed by atoms with E-state index in [1.165, 1.54) is 23.2 Å². The van der Waals surface area contributed by atoms with Crippen molar-refractivity contribution < 1.29 is 23.4 Å². The van der Waals surface area contributed by atoms with Gasteiger partial charge in [0.1, 0.15) is 24.1 Å². The molecule has 4 rings (SSSR count). The van der Waals surface area contributed by atoms with Gasteiger partial charge < -0.3 is 19.1 Å². The number of hydrogen-bond donors (Lipinski definition) is 0. The smallest absolute Gasteiger partial charge is 0.275 e. The second-order valence-electron chi connectivity index (χ2n) is 6.66. The van der Waals surface area contributed by atoms with Crippen molar-refractivity contribution in [1.82, 2.24) is 14.9 Å². The molecule has 27 heavy (non-hydrogen) atoms. The van der Waals surface area contributed by atoms with Crippen LogP contribution in [0.2, 0.25) is 0 Å². The van der Waals surface area contributed by atoms with E-state index in [0.29, 0.717) is 32.1 Å². The Balaban J connectivity index is 1.36. The highest BCUT2D eigenvalue weighted by atomic mass is 19.1. The summed E-state index contributed by atoms with van der Waals surface area (Å²) in [6.45, 7) is 3.26. The van der Waals surface area contributed by atoms with Crippen molar-refractivity contribution in [2.24, 2.45) is 0 Å². The minimum absolute atomic E-state index is 0.179. The molecule has 0 saturated carbocycles. The van der Waals surface area contributed by atoms with Crippen LogP contribution in [0.1, 0.15) is 16.2 Å². The second-order valence-corrected chi connectivity index (χ2v) is 6.66.